The summed E-state index contributed by atoms with van der Waals surface area (Å²) in [5.41, 5.74) is 2.02. The second kappa shape index (κ2) is 6.93. The largest absolute Gasteiger partial charge is 0.370 e. The maximum Gasteiger partial charge on any atom is 0.275 e. The van der Waals surface area contributed by atoms with Crippen molar-refractivity contribution in [3.63, 3.8) is 0 Å². The van der Waals surface area contributed by atoms with Crippen molar-refractivity contribution in [2.45, 2.75) is 37.9 Å². The molecule has 0 radical (unpaired) electrons. The van der Waals surface area contributed by atoms with Gasteiger partial charge in [0, 0.05) is 50.4 Å². The standard InChI is InChI=1S/C20H25N5O3/c1-13-18(24-28-23-13)19(26)22-10-15-16-11-25(8-5-14-3-2-7-21-9-14)12-20(16)6-4-17(15)27-20/h2-3,7,9,15-17H,4-6,8,10-12H2,1H3,(H,22,26)/t15-,16+,17+,20+/m0/s1. The Bertz CT molecular complexity index is 857. The summed E-state index contributed by atoms with van der Waals surface area (Å²) in [6.07, 6.45) is 7.21. The van der Waals surface area contributed by atoms with E-state index >= 15 is 0 Å². The van der Waals surface area contributed by atoms with Gasteiger partial charge in [-0.2, -0.15) is 0 Å². The zero-order valence-corrected chi connectivity index (χ0v) is 16.0. The molecule has 28 heavy (non-hydrogen) atoms. The van der Waals surface area contributed by atoms with Crippen LogP contribution in [-0.4, -0.2) is 64.0 Å². The lowest BCUT2D eigenvalue weighted by Crippen LogP contribution is -2.42. The summed E-state index contributed by atoms with van der Waals surface area (Å²) in [5, 5.41) is 10.4. The highest BCUT2D eigenvalue weighted by atomic mass is 16.6. The number of nitrogens with zero attached hydrogens (tertiary/aromatic N) is 4. The van der Waals surface area contributed by atoms with Crippen molar-refractivity contribution in [1.29, 1.82) is 0 Å². The first-order valence-electron chi connectivity index (χ1n) is 10.0. The third-order valence-corrected chi connectivity index (χ3v) is 6.66. The number of fused-ring (bicyclic) bond motifs is 1. The van der Waals surface area contributed by atoms with Crippen molar-refractivity contribution >= 4 is 5.91 Å². The zero-order chi connectivity index (χ0) is 19.1. The van der Waals surface area contributed by atoms with Crippen molar-refractivity contribution in [1.82, 2.24) is 25.5 Å². The molecule has 8 nitrogen and oxygen atoms in total. The number of ether oxygens (including phenoxy) is 1. The lowest BCUT2D eigenvalue weighted by Gasteiger charge is -2.29. The van der Waals surface area contributed by atoms with Crippen molar-refractivity contribution in [2.75, 3.05) is 26.2 Å². The van der Waals surface area contributed by atoms with Crippen LogP contribution in [0.5, 0.6) is 0 Å². The number of pyridine rings is 1. The van der Waals surface area contributed by atoms with Gasteiger partial charge >= 0.3 is 0 Å². The SMILES string of the molecule is Cc1nonc1C(=O)NC[C@H]1[C@H]2CN(CCc3cccnc3)C[C@]23CC[C@H]1O3. The number of nitrogens with one attached hydrogen (secondary N) is 1. The number of carbonyl (C=O) groups is 1. The number of rotatable bonds is 6. The summed E-state index contributed by atoms with van der Waals surface area (Å²) >= 11 is 0. The van der Waals surface area contributed by atoms with Crippen LogP contribution in [0.25, 0.3) is 0 Å². The van der Waals surface area contributed by atoms with Gasteiger partial charge in [0.15, 0.2) is 5.69 Å². The third-order valence-electron chi connectivity index (χ3n) is 6.66. The van der Waals surface area contributed by atoms with Gasteiger partial charge in [0.25, 0.3) is 5.91 Å². The highest BCUT2D eigenvalue weighted by Crippen LogP contribution is 2.54. The van der Waals surface area contributed by atoms with Gasteiger partial charge in [0.2, 0.25) is 0 Å². The third kappa shape index (κ3) is 3.00. The van der Waals surface area contributed by atoms with E-state index in [0.29, 0.717) is 24.1 Å². The quantitative estimate of drug-likeness (QED) is 0.802. The molecule has 3 saturated heterocycles. The van der Waals surface area contributed by atoms with Crippen molar-refractivity contribution in [2.24, 2.45) is 11.8 Å². The number of aryl methyl sites for hydroxylation is 1. The van der Waals surface area contributed by atoms with Gasteiger partial charge in [-0.3, -0.25) is 14.7 Å². The van der Waals surface area contributed by atoms with E-state index in [1.54, 1.807) is 6.92 Å². The number of aromatic nitrogens is 3. The molecule has 1 spiro atoms. The van der Waals surface area contributed by atoms with E-state index in [1.807, 2.05) is 18.5 Å². The number of hydrogen-bond acceptors (Lipinski definition) is 7. The summed E-state index contributed by atoms with van der Waals surface area (Å²) in [6.45, 7) is 5.37. The molecule has 3 aliphatic heterocycles. The van der Waals surface area contributed by atoms with Crippen molar-refractivity contribution < 1.29 is 14.2 Å². The molecule has 0 aromatic carbocycles. The molecule has 2 aromatic heterocycles. The summed E-state index contributed by atoms with van der Waals surface area (Å²) in [4.78, 5) is 19.1. The summed E-state index contributed by atoms with van der Waals surface area (Å²) < 4.78 is 11.1. The van der Waals surface area contributed by atoms with Gasteiger partial charge in [-0.1, -0.05) is 11.2 Å². The fraction of sp³-hybridized carbons (Fsp3) is 0.600. The van der Waals surface area contributed by atoms with Crippen LogP contribution in [0, 0.1) is 18.8 Å². The van der Waals surface area contributed by atoms with Crippen LogP contribution >= 0.6 is 0 Å². The first-order chi connectivity index (χ1) is 13.6. The first kappa shape index (κ1) is 17.8. The Hall–Kier alpha value is -2.32. The van der Waals surface area contributed by atoms with E-state index in [-0.39, 0.29) is 23.3 Å². The maximum absolute atomic E-state index is 12.4. The van der Waals surface area contributed by atoms with Gasteiger partial charge in [-0.15, -0.1) is 0 Å². The Morgan fingerprint density at radius 2 is 2.36 bits per heavy atom. The summed E-state index contributed by atoms with van der Waals surface area (Å²) in [7, 11) is 0. The zero-order valence-electron chi connectivity index (χ0n) is 16.0. The van der Waals surface area contributed by atoms with E-state index < -0.39 is 0 Å². The molecule has 4 atom stereocenters. The second-order valence-corrected chi connectivity index (χ2v) is 8.28. The molecule has 0 saturated carbocycles. The van der Waals surface area contributed by atoms with Gasteiger partial charge in [0.1, 0.15) is 5.69 Å². The Morgan fingerprint density at radius 3 is 3.14 bits per heavy atom. The van der Waals surface area contributed by atoms with Gasteiger partial charge in [0.05, 0.1) is 11.7 Å². The number of carbonyl (C=O) groups excluding carboxylic acids is 1. The molecule has 0 unspecified atom stereocenters. The van der Waals surface area contributed by atoms with Gasteiger partial charge in [-0.05, 0) is 43.0 Å². The fourth-order valence-corrected chi connectivity index (χ4v) is 5.30. The molecule has 3 aliphatic rings. The average molecular weight is 383 g/mol. The molecule has 1 N–H and O–H groups in total. The molecule has 2 bridgehead atoms. The number of likely N-dealkylation sites (tertiary alicyclic amines) is 1. The van der Waals surface area contributed by atoms with Crippen molar-refractivity contribution in [3.8, 4) is 0 Å². The van der Waals surface area contributed by atoms with E-state index in [0.717, 1.165) is 38.9 Å². The molecule has 5 heterocycles. The summed E-state index contributed by atoms with van der Waals surface area (Å²) in [5.74, 6) is 0.597. The summed E-state index contributed by atoms with van der Waals surface area (Å²) in [6, 6.07) is 4.12. The number of hydrogen-bond donors (Lipinski definition) is 1. The fourth-order valence-electron chi connectivity index (χ4n) is 5.30. The predicted octanol–water partition coefficient (Wildman–Crippen LogP) is 1.22. The Labute approximate surface area is 163 Å². The Morgan fingerprint density at radius 1 is 1.43 bits per heavy atom. The molecular weight excluding hydrogens is 358 g/mol. The first-order valence-corrected chi connectivity index (χ1v) is 10.0. The van der Waals surface area contributed by atoms with Crippen LogP contribution in [0.1, 0.15) is 34.6 Å². The smallest absolute Gasteiger partial charge is 0.275 e. The maximum atomic E-state index is 12.4. The van der Waals surface area contributed by atoms with Crippen LogP contribution in [0.4, 0.5) is 0 Å². The van der Waals surface area contributed by atoms with Crippen LogP contribution in [0.15, 0.2) is 29.2 Å². The average Bonchev–Trinajstić information content (AvgIpc) is 3.45. The highest BCUT2D eigenvalue weighted by molar-refractivity contribution is 5.92. The van der Waals surface area contributed by atoms with E-state index in [1.165, 1.54) is 5.56 Å². The highest BCUT2D eigenvalue weighted by Gasteiger charge is 2.62. The topological polar surface area (TPSA) is 93.4 Å². The molecule has 2 aromatic rings. The minimum absolute atomic E-state index is 0.0274. The van der Waals surface area contributed by atoms with Gasteiger partial charge in [-0.25, -0.2) is 4.63 Å². The molecule has 8 heteroatoms. The second-order valence-electron chi connectivity index (χ2n) is 8.28. The monoisotopic (exact) mass is 383 g/mol. The van der Waals surface area contributed by atoms with Crippen LogP contribution in [0.2, 0.25) is 0 Å². The Kier molecular flexibility index (Phi) is 4.40. The van der Waals surface area contributed by atoms with E-state index in [4.69, 9.17) is 4.74 Å². The molecular formula is C20H25N5O3. The Balaban J connectivity index is 1.21. The van der Waals surface area contributed by atoms with Crippen LogP contribution in [-0.2, 0) is 11.2 Å². The van der Waals surface area contributed by atoms with Crippen LogP contribution < -0.4 is 5.32 Å². The molecule has 0 aliphatic carbocycles. The van der Waals surface area contributed by atoms with Crippen molar-refractivity contribution in [3.05, 3.63) is 41.5 Å². The predicted molar refractivity (Wildman–Crippen MR) is 99.6 cm³/mol. The van der Waals surface area contributed by atoms with E-state index in [9.17, 15) is 4.79 Å². The normalized spacial score (nSPS) is 31.2. The minimum Gasteiger partial charge on any atom is -0.370 e. The molecule has 5 rings (SSSR count). The minimum atomic E-state index is -0.220. The molecule has 3 fully saturated rings. The van der Waals surface area contributed by atoms with Gasteiger partial charge < -0.3 is 10.1 Å². The lowest BCUT2D eigenvalue weighted by molar-refractivity contribution is 0.00285. The molecule has 1 amide bonds. The lowest BCUT2D eigenvalue weighted by atomic mass is 9.73. The van der Waals surface area contributed by atoms with E-state index in [2.05, 4.69) is 36.2 Å². The van der Waals surface area contributed by atoms with Crippen LogP contribution in [0.3, 0.4) is 0 Å². The number of amides is 1. The molecule has 148 valence electrons.